The number of amides is 2. The summed E-state index contributed by atoms with van der Waals surface area (Å²) in [5, 5.41) is 18.4. The third-order valence-corrected chi connectivity index (χ3v) is 1.02. The summed E-state index contributed by atoms with van der Waals surface area (Å²) < 4.78 is 0. The van der Waals surface area contributed by atoms with Crippen molar-refractivity contribution in [2.24, 2.45) is 0 Å². The van der Waals surface area contributed by atoms with Crippen LogP contribution in [0, 0.1) is 0 Å². The number of hydrogen-bond acceptors (Lipinski definition) is 4. The van der Waals surface area contributed by atoms with Crippen LogP contribution in [0.4, 0.5) is 0 Å². The number of hydroxylamine groups is 1. The van der Waals surface area contributed by atoms with Crippen molar-refractivity contribution in [3.8, 4) is 0 Å². The monoisotopic (exact) mass is 162 g/mol. The van der Waals surface area contributed by atoms with Crippen LogP contribution in [0.2, 0.25) is 0 Å². The van der Waals surface area contributed by atoms with E-state index in [2.05, 4.69) is 5.32 Å². The maximum atomic E-state index is 10.5. The first-order valence-corrected chi connectivity index (χ1v) is 2.96. The van der Waals surface area contributed by atoms with Gasteiger partial charge in [0.05, 0.1) is 0 Å². The second-order valence-corrected chi connectivity index (χ2v) is 1.92. The second kappa shape index (κ2) is 4.64. The number of carbonyl (C=O) groups excluding carboxylic acids is 2. The van der Waals surface area contributed by atoms with E-state index in [0.29, 0.717) is 0 Å². The van der Waals surface area contributed by atoms with Crippen LogP contribution in [-0.2, 0) is 9.59 Å². The fourth-order valence-corrected chi connectivity index (χ4v) is 0.449. The minimum absolute atomic E-state index is 0.666. The minimum Gasteiger partial charge on any atom is -0.387 e. The number of nitrogens with one attached hydrogen (secondary N) is 2. The van der Waals surface area contributed by atoms with E-state index in [9.17, 15) is 9.59 Å². The molecule has 2 amide bonds. The van der Waals surface area contributed by atoms with E-state index in [-0.39, 0.29) is 0 Å². The Hall–Kier alpha value is -1.14. The highest BCUT2D eigenvalue weighted by Gasteiger charge is 2.13. The lowest BCUT2D eigenvalue weighted by Crippen LogP contribution is -2.44. The molecule has 4 N–H and O–H groups in total. The van der Waals surface area contributed by atoms with Gasteiger partial charge in [0, 0.05) is 0 Å². The lowest BCUT2D eigenvalue weighted by Gasteiger charge is -2.09. The molecule has 1 atom stereocenters. The molecule has 0 aromatic carbocycles. The third-order valence-electron chi connectivity index (χ3n) is 1.02. The van der Waals surface area contributed by atoms with Gasteiger partial charge in [-0.3, -0.25) is 14.8 Å². The summed E-state index contributed by atoms with van der Waals surface area (Å²) in [6.07, 6.45) is 0. The molecule has 0 saturated carbocycles. The minimum atomic E-state index is -0.848. The molecular formula is C5H10N2O4. The molecule has 0 aliphatic heterocycles. The van der Waals surface area contributed by atoms with Crippen LogP contribution >= 0.6 is 0 Å². The fourth-order valence-electron chi connectivity index (χ4n) is 0.449. The van der Waals surface area contributed by atoms with Gasteiger partial charge in [-0.05, 0) is 6.92 Å². The maximum Gasteiger partial charge on any atom is 0.265 e. The standard InChI is InChI=1S/C5H10N2O4/c1-3(5(10)7-11)6-4(9)2-8/h3,8,11H,2H2,1H3,(H,6,9)(H,7,10). The Morgan fingerprint density at radius 3 is 2.45 bits per heavy atom. The first-order chi connectivity index (χ1) is 5.11. The average Bonchev–Trinajstić information content (AvgIpc) is 2.02. The third kappa shape index (κ3) is 3.54. The molecule has 0 aliphatic carbocycles. The van der Waals surface area contributed by atoms with Crippen LogP contribution in [0.1, 0.15) is 6.92 Å². The molecular weight excluding hydrogens is 152 g/mol. The Bertz CT molecular complexity index is 159. The van der Waals surface area contributed by atoms with Gasteiger partial charge in [-0.15, -0.1) is 0 Å². The van der Waals surface area contributed by atoms with Crippen molar-refractivity contribution in [1.29, 1.82) is 0 Å². The highest BCUT2D eigenvalue weighted by atomic mass is 16.5. The Kier molecular flexibility index (Phi) is 4.16. The molecule has 6 nitrogen and oxygen atoms in total. The van der Waals surface area contributed by atoms with Gasteiger partial charge in [0.1, 0.15) is 12.6 Å². The molecule has 0 rings (SSSR count). The smallest absolute Gasteiger partial charge is 0.265 e. The summed E-state index contributed by atoms with van der Waals surface area (Å²) >= 11 is 0. The van der Waals surface area contributed by atoms with Gasteiger partial charge in [0.2, 0.25) is 5.91 Å². The van der Waals surface area contributed by atoms with Crippen LogP contribution in [0.15, 0.2) is 0 Å². The molecule has 0 spiro atoms. The lowest BCUT2D eigenvalue weighted by molar-refractivity contribution is -0.134. The zero-order valence-electron chi connectivity index (χ0n) is 6.00. The van der Waals surface area contributed by atoms with E-state index >= 15 is 0 Å². The highest BCUT2D eigenvalue weighted by molar-refractivity contribution is 5.86. The quantitative estimate of drug-likeness (QED) is 0.284. The number of rotatable bonds is 3. The molecule has 0 fully saturated rings. The van der Waals surface area contributed by atoms with Gasteiger partial charge >= 0.3 is 0 Å². The van der Waals surface area contributed by atoms with Crippen LogP contribution in [0.25, 0.3) is 0 Å². The van der Waals surface area contributed by atoms with E-state index in [4.69, 9.17) is 10.3 Å². The largest absolute Gasteiger partial charge is 0.387 e. The zero-order chi connectivity index (χ0) is 8.85. The van der Waals surface area contributed by atoms with Crippen LogP contribution < -0.4 is 10.8 Å². The van der Waals surface area contributed by atoms with E-state index in [1.54, 1.807) is 0 Å². The Morgan fingerprint density at radius 1 is 1.55 bits per heavy atom. The Labute approximate surface area is 63.2 Å². The van der Waals surface area contributed by atoms with Crippen molar-refractivity contribution in [2.75, 3.05) is 6.61 Å². The topological polar surface area (TPSA) is 98.7 Å². The fraction of sp³-hybridized carbons (Fsp3) is 0.600. The molecule has 0 saturated heterocycles. The SMILES string of the molecule is CC(NC(=O)CO)C(=O)NO. The van der Waals surface area contributed by atoms with Crippen molar-refractivity contribution in [3.05, 3.63) is 0 Å². The molecule has 64 valence electrons. The van der Waals surface area contributed by atoms with Crippen molar-refractivity contribution >= 4 is 11.8 Å². The van der Waals surface area contributed by atoms with E-state index in [1.807, 2.05) is 0 Å². The van der Waals surface area contributed by atoms with Crippen molar-refractivity contribution in [2.45, 2.75) is 13.0 Å². The van der Waals surface area contributed by atoms with Gasteiger partial charge in [-0.25, -0.2) is 5.48 Å². The van der Waals surface area contributed by atoms with Crippen molar-refractivity contribution < 1.29 is 19.9 Å². The summed E-state index contributed by atoms with van der Waals surface area (Å²) in [6.45, 7) is 0.697. The lowest BCUT2D eigenvalue weighted by atomic mass is 10.3. The summed E-state index contributed by atoms with van der Waals surface area (Å²) in [4.78, 5) is 20.9. The molecule has 11 heavy (non-hydrogen) atoms. The first-order valence-electron chi connectivity index (χ1n) is 2.96. The summed E-state index contributed by atoms with van der Waals surface area (Å²) in [5.74, 6) is -1.40. The van der Waals surface area contributed by atoms with Crippen LogP contribution in [0.5, 0.6) is 0 Å². The molecule has 1 unspecified atom stereocenters. The molecule has 0 aromatic heterocycles. The first kappa shape index (κ1) is 9.86. The summed E-state index contributed by atoms with van der Waals surface area (Å²) in [5.41, 5.74) is 1.36. The van der Waals surface area contributed by atoms with Gasteiger partial charge < -0.3 is 10.4 Å². The van der Waals surface area contributed by atoms with E-state index < -0.39 is 24.5 Å². The normalized spacial score (nSPS) is 11.9. The zero-order valence-corrected chi connectivity index (χ0v) is 6.00. The predicted molar refractivity (Wildman–Crippen MR) is 34.6 cm³/mol. The Balaban J connectivity index is 3.77. The number of carbonyl (C=O) groups is 2. The van der Waals surface area contributed by atoms with E-state index in [0.717, 1.165) is 0 Å². The predicted octanol–water partition coefficient (Wildman–Crippen LogP) is -2.01. The van der Waals surface area contributed by atoms with Crippen molar-refractivity contribution in [1.82, 2.24) is 10.8 Å². The van der Waals surface area contributed by atoms with Gasteiger partial charge in [0.25, 0.3) is 5.91 Å². The van der Waals surface area contributed by atoms with Crippen LogP contribution in [-0.4, -0.2) is 34.8 Å². The van der Waals surface area contributed by atoms with Gasteiger partial charge in [-0.1, -0.05) is 0 Å². The Morgan fingerprint density at radius 2 is 2.09 bits per heavy atom. The molecule has 0 aliphatic rings. The van der Waals surface area contributed by atoms with Crippen LogP contribution in [0.3, 0.4) is 0 Å². The second-order valence-electron chi connectivity index (χ2n) is 1.92. The molecule has 0 bridgehead atoms. The summed E-state index contributed by atoms with van der Waals surface area (Å²) in [7, 11) is 0. The highest BCUT2D eigenvalue weighted by Crippen LogP contribution is 1.79. The van der Waals surface area contributed by atoms with Gasteiger partial charge in [-0.2, -0.15) is 0 Å². The number of aliphatic hydroxyl groups is 1. The summed E-state index contributed by atoms with van der Waals surface area (Å²) in [6, 6.07) is -0.848. The number of hydrogen-bond donors (Lipinski definition) is 4. The average molecular weight is 162 g/mol. The molecule has 0 radical (unpaired) electrons. The maximum absolute atomic E-state index is 10.5. The molecule has 6 heteroatoms. The van der Waals surface area contributed by atoms with Crippen molar-refractivity contribution in [3.63, 3.8) is 0 Å². The number of aliphatic hydroxyl groups excluding tert-OH is 1. The molecule has 0 heterocycles. The molecule has 0 aromatic rings. The van der Waals surface area contributed by atoms with Gasteiger partial charge in [0.15, 0.2) is 0 Å². The van der Waals surface area contributed by atoms with E-state index in [1.165, 1.54) is 12.4 Å².